The molecule has 0 aliphatic carbocycles. The number of fused-ring (bicyclic) bond motifs is 1. The van der Waals surface area contributed by atoms with Gasteiger partial charge in [0.1, 0.15) is 17.5 Å². The number of nitrogens with one attached hydrogen (secondary N) is 1. The Morgan fingerprint density at radius 1 is 0.971 bits per heavy atom. The Balaban J connectivity index is 1.69. The molecule has 1 N–H and O–H groups in total. The molecule has 1 saturated heterocycles. The molecular formula is C26H25F2N5O. The van der Waals surface area contributed by atoms with E-state index in [1.807, 2.05) is 48.7 Å². The molecule has 6 nitrogen and oxygen atoms in total. The van der Waals surface area contributed by atoms with Crippen LogP contribution in [0.3, 0.4) is 0 Å². The Bertz CT molecular complexity index is 1380. The van der Waals surface area contributed by atoms with Crippen molar-refractivity contribution in [3.8, 4) is 5.69 Å². The topological polar surface area (TPSA) is 63.1 Å². The van der Waals surface area contributed by atoms with E-state index in [2.05, 4.69) is 20.2 Å². The number of carbonyl (C=O) groups is 1. The quantitative estimate of drug-likeness (QED) is 0.432. The number of rotatable bonds is 4. The molecule has 3 heterocycles. The van der Waals surface area contributed by atoms with Crippen molar-refractivity contribution in [2.45, 2.75) is 33.1 Å². The fourth-order valence-electron chi connectivity index (χ4n) is 4.54. The van der Waals surface area contributed by atoms with Gasteiger partial charge in [0.25, 0.3) is 5.91 Å². The number of halogens is 2. The second kappa shape index (κ2) is 8.85. The summed E-state index contributed by atoms with van der Waals surface area (Å²) in [5.74, 6) is -1.46. The van der Waals surface area contributed by atoms with E-state index in [9.17, 15) is 13.6 Å². The van der Waals surface area contributed by atoms with Crippen LogP contribution in [0.5, 0.6) is 0 Å². The molecule has 2 aromatic carbocycles. The summed E-state index contributed by atoms with van der Waals surface area (Å²) >= 11 is 0. The lowest BCUT2D eigenvalue weighted by atomic mass is 10.1. The van der Waals surface area contributed by atoms with Crippen molar-refractivity contribution in [1.82, 2.24) is 14.5 Å². The van der Waals surface area contributed by atoms with Gasteiger partial charge in [-0.05, 0) is 62.9 Å². The van der Waals surface area contributed by atoms with Gasteiger partial charge in [0.15, 0.2) is 5.65 Å². The van der Waals surface area contributed by atoms with Crippen LogP contribution in [0.4, 0.5) is 20.3 Å². The van der Waals surface area contributed by atoms with E-state index in [1.54, 1.807) is 0 Å². The zero-order valence-electron chi connectivity index (χ0n) is 19.1. The molecule has 34 heavy (non-hydrogen) atoms. The van der Waals surface area contributed by atoms with Crippen molar-refractivity contribution in [1.29, 1.82) is 0 Å². The van der Waals surface area contributed by atoms with Gasteiger partial charge in [-0.25, -0.2) is 18.7 Å². The number of piperidine rings is 1. The number of aromatic nitrogens is 3. The molecule has 0 saturated carbocycles. The fourth-order valence-corrected chi connectivity index (χ4v) is 4.54. The van der Waals surface area contributed by atoms with Crippen LogP contribution in [0.1, 0.15) is 41.1 Å². The highest BCUT2D eigenvalue weighted by Crippen LogP contribution is 2.35. The van der Waals surface area contributed by atoms with Crippen LogP contribution in [0.2, 0.25) is 0 Å². The Labute approximate surface area is 196 Å². The summed E-state index contributed by atoms with van der Waals surface area (Å²) in [6, 6.07) is 12.7. The van der Waals surface area contributed by atoms with Gasteiger partial charge in [-0.2, -0.15) is 0 Å². The summed E-state index contributed by atoms with van der Waals surface area (Å²) in [5, 5.41) is 3.34. The van der Waals surface area contributed by atoms with Gasteiger partial charge in [0.2, 0.25) is 5.82 Å². The first-order chi connectivity index (χ1) is 16.4. The van der Waals surface area contributed by atoms with Gasteiger partial charge in [0, 0.05) is 30.5 Å². The van der Waals surface area contributed by atoms with Gasteiger partial charge in [0.05, 0.1) is 11.1 Å². The maximum absolute atomic E-state index is 14.2. The minimum absolute atomic E-state index is 0.0913. The van der Waals surface area contributed by atoms with Gasteiger partial charge in [-0.1, -0.05) is 18.2 Å². The summed E-state index contributed by atoms with van der Waals surface area (Å²) in [4.78, 5) is 24.6. The first-order valence-corrected chi connectivity index (χ1v) is 11.4. The number of aryl methyl sites for hydroxylation is 1. The third kappa shape index (κ3) is 3.89. The number of anilines is 2. The summed E-state index contributed by atoms with van der Waals surface area (Å²) in [5.41, 5.74) is 3.33. The molecule has 1 amide bonds. The normalized spacial score (nSPS) is 13.9. The lowest BCUT2D eigenvalue weighted by molar-refractivity contribution is 0.101. The average molecular weight is 462 g/mol. The molecule has 0 unspecified atom stereocenters. The molecule has 4 aromatic rings. The summed E-state index contributed by atoms with van der Waals surface area (Å²) in [7, 11) is 0. The Hall–Kier alpha value is -3.81. The van der Waals surface area contributed by atoms with Crippen LogP contribution in [0, 0.1) is 25.5 Å². The van der Waals surface area contributed by atoms with Gasteiger partial charge in [-0.3, -0.25) is 9.36 Å². The largest absolute Gasteiger partial charge is 0.356 e. The second-order valence-electron chi connectivity index (χ2n) is 8.58. The molecule has 174 valence electrons. The van der Waals surface area contributed by atoms with Crippen molar-refractivity contribution in [2.75, 3.05) is 23.3 Å². The SMILES string of the molecule is Cc1c(C)n(-c2ccccc2)c2nc(C(=O)Nc3cc(F)ccc3F)nc(N3CCCCC3)c12. The number of nitrogens with zero attached hydrogens (tertiary/aromatic N) is 4. The highest BCUT2D eigenvalue weighted by Gasteiger charge is 2.26. The fraction of sp³-hybridized carbons (Fsp3) is 0.269. The van der Waals surface area contributed by atoms with E-state index >= 15 is 0 Å². The predicted octanol–water partition coefficient (Wildman–Crippen LogP) is 5.56. The number of para-hydroxylation sites is 1. The van der Waals surface area contributed by atoms with Crippen LogP contribution >= 0.6 is 0 Å². The van der Waals surface area contributed by atoms with Crippen LogP contribution in [0.15, 0.2) is 48.5 Å². The standard InChI is InChI=1S/C26H25F2N5O/c1-16-17(2)33(19-9-5-3-6-10-19)25-22(16)24(32-13-7-4-8-14-32)30-23(31-25)26(34)29-21-15-18(27)11-12-20(21)28/h3,5-6,9-12,15H,4,7-8,13-14H2,1-2H3,(H,29,34). The molecule has 1 fully saturated rings. The van der Waals surface area contributed by atoms with Crippen molar-refractivity contribution in [3.63, 3.8) is 0 Å². The molecule has 2 aromatic heterocycles. The number of benzene rings is 2. The van der Waals surface area contributed by atoms with Crippen LogP contribution < -0.4 is 10.2 Å². The molecule has 1 aliphatic rings. The molecule has 1 aliphatic heterocycles. The Morgan fingerprint density at radius 2 is 1.71 bits per heavy atom. The zero-order valence-corrected chi connectivity index (χ0v) is 19.1. The van der Waals surface area contributed by atoms with E-state index in [4.69, 9.17) is 0 Å². The van der Waals surface area contributed by atoms with E-state index < -0.39 is 17.5 Å². The smallest absolute Gasteiger partial charge is 0.293 e. The predicted molar refractivity (Wildman–Crippen MR) is 129 cm³/mol. The van der Waals surface area contributed by atoms with Gasteiger partial charge in [-0.15, -0.1) is 0 Å². The van der Waals surface area contributed by atoms with Gasteiger partial charge < -0.3 is 10.2 Å². The maximum atomic E-state index is 14.2. The summed E-state index contributed by atoms with van der Waals surface area (Å²) in [6.45, 7) is 5.73. The first-order valence-electron chi connectivity index (χ1n) is 11.4. The van der Waals surface area contributed by atoms with Crippen molar-refractivity contribution < 1.29 is 13.6 Å². The highest BCUT2D eigenvalue weighted by atomic mass is 19.1. The van der Waals surface area contributed by atoms with Crippen molar-refractivity contribution in [3.05, 3.63) is 77.2 Å². The minimum atomic E-state index is -0.730. The maximum Gasteiger partial charge on any atom is 0.293 e. The van der Waals surface area contributed by atoms with E-state index in [1.165, 1.54) is 0 Å². The Kier molecular flexibility index (Phi) is 5.73. The third-order valence-corrected chi connectivity index (χ3v) is 6.39. The number of hydrogen-bond acceptors (Lipinski definition) is 4. The van der Waals surface area contributed by atoms with E-state index in [0.29, 0.717) is 11.5 Å². The van der Waals surface area contributed by atoms with E-state index in [0.717, 1.165) is 72.9 Å². The molecule has 8 heteroatoms. The minimum Gasteiger partial charge on any atom is -0.356 e. The third-order valence-electron chi connectivity index (χ3n) is 6.39. The van der Waals surface area contributed by atoms with Gasteiger partial charge >= 0.3 is 0 Å². The number of carbonyl (C=O) groups excluding carboxylic acids is 1. The zero-order chi connectivity index (χ0) is 23.8. The van der Waals surface area contributed by atoms with Crippen LogP contribution in [-0.2, 0) is 0 Å². The number of amides is 1. The molecule has 0 bridgehead atoms. The van der Waals surface area contributed by atoms with Crippen LogP contribution in [-0.4, -0.2) is 33.5 Å². The molecule has 0 atom stereocenters. The number of hydrogen-bond donors (Lipinski definition) is 1. The van der Waals surface area contributed by atoms with Crippen molar-refractivity contribution in [2.24, 2.45) is 0 Å². The first kappa shape index (κ1) is 22.0. The Morgan fingerprint density at radius 3 is 2.44 bits per heavy atom. The van der Waals surface area contributed by atoms with Crippen molar-refractivity contribution >= 4 is 28.4 Å². The summed E-state index contributed by atoms with van der Waals surface area (Å²) < 4.78 is 29.8. The van der Waals surface area contributed by atoms with Crippen LogP contribution in [0.25, 0.3) is 16.7 Å². The molecular weight excluding hydrogens is 436 g/mol. The molecule has 0 radical (unpaired) electrons. The second-order valence-corrected chi connectivity index (χ2v) is 8.58. The lowest BCUT2D eigenvalue weighted by Crippen LogP contribution is -2.31. The lowest BCUT2D eigenvalue weighted by Gasteiger charge is -2.28. The molecule has 0 spiro atoms. The monoisotopic (exact) mass is 461 g/mol. The summed E-state index contributed by atoms with van der Waals surface area (Å²) in [6.07, 6.45) is 3.23. The van der Waals surface area contributed by atoms with E-state index in [-0.39, 0.29) is 11.5 Å². The average Bonchev–Trinajstić information content (AvgIpc) is 3.11. The highest BCUT2D eigenvalue weighted by molar-refractivity contribution is 6.04. The molecule has 5 rings (SSSR count).